The Kier molecular flexibility index (Phi) is 4.96. The molecule has 1 aromatic heterocycles. The van der Waals surface area contributed by atoms with Crippen molar-refractivity contribution in [2.75, 3.05) is 26.0 Å². The van der Waals surface area contributed by atoms with Crippen molar-refractivity contribution in [3.8, 4) is 0 Å². The van der Waals surface area contributed by atoms with Gasteiger partial charge in [0.2, 0.25) is 0 Å². The Hall–Kier alpha value is -2.77. The number of pyridine rings is 1. The van der Waals surface area contributed by atoms with Crippen LogP contribution in [0.1, 0.15) is 36.8 Å². The maximum absolute atomic E-state index is 12.4. The van der Waals surface area contributed by atoms with E-state index in [2.05, 4.69) is 9.72 Å². The molecular formula is C16H21N3O5. The van der Waals surface area contributed by atoms with E-state index in [1.54, 1.807) is 20.8 Å². The number of nitrogens with zero attached hydrogens (tertiary/aromatic N) is 2. The number of hydrogen-bond acceptors (Lipinski definition) is 7. The number of amides is 1. The summed E-state index contributed by atoms with van der Waals surface area (Å²) in [4.78, 5) is 29.5. The second-order valence-electron chi connectivity index (χ2n) is 6.15. The van der Waals surface area contributed by atoms with Crippen LogP contribution in [0.15, 0.2) is 18.5 Å². The molecule has 1 aliphatic heterocycles. The smallest absolute Gasteiger partial charge is 0.415 e. The summed E-state index contributed by atoms with van der Waals surface area (Å²) in [5, 5.41) is 0. The molecule has 0 saturated heterocycles. The maximum atomic E-state index is 12.4. The van der Waals surface area contributed by atoms with E-state index in [1.807, 2.05) is 0 Å². The lowest BCUT2D eigenvalue weighted by Crippen LogP contribution is -2.39. The molecule has 2 heterocycles. The second-order valence-corrected chi connectivity index (χ2v) is 6.15. The quantitative estimate of drug-likeness (QED) is 0.824. The minimum Gasteiger partial charge on any atom is -0.497 e. The van der Waals surface area contributed by atoms with Gasteiger partial charge in [-0.1, -0.05) is 0 Å². The molecule has 0 fully saturated rings. The molecule has 0 spiro atoms. The number of esters is 1. The Morgan fingerprint density at radius 1 is 1.38 bits per heavy atom. The van der Waals surface area contributed by atoms with Gasteiger partial charge in [0, 0.05) is 5.56 Å². The van der Waals surface area contributed by atoms with Gasteiger partial charge in [-0.2, -0.15) is 0 Å². The van der Waals surface area contributed by atoms with E-state index in [-0.39, 0.29) is 5.69 Å². The summed E-state index contributed by atoms with van der Waals surface area (Å²) in [6.07, 6.45) is 2.23. The third-order valence-electron chi connectivity index (χ3n) is 3.14. The standard InChI is InChI=1S/C16H21N3O5/c1-16(2,3)24-15(21)19-5-6-23-9-13(19)10-7-12(14(20)22-4)18-8-11(10)17/h7-9H,5-6,17H2,1-4H3. The molecule has 1 aromatic rings. The molecule has 8 heteroatoms. The molecule has 0 unspecified atom stereocenters. The number of anilines is 1. The Morgan fingerprint density at radius 2 is 2.08 bits per heavy atom. The highest BCUT2D eigenvalue weighted by Crippen LogP contribution is 2.28. The number of rotatable bonds is 2. The predicted octanol–water partition coefficient (Wildman–Crippen LogP) is 2.02. The van der Waals surface area contributed by atoms with Gasteiger partial charge in [0.15, 0.2) is 0 Å². The highest BCUT2D eigenvalue weighted by Gasteiger charge is 2.29. The summed E-state index contributed by atoms with van der Waals surface area (Å²) in [5.41, 5.74) is 6.55. The highest BCUT2D eigenvalue weighted by molar-refractivity contribution is 5.91. The maximum Gasteiger partial charge on any atom is 0.415 e. The van der Waals surface area contributed by atoms with Crippen LogP contribution in [0.3, 0.4) is 0 Å². The zero-order valence-electron chi connectivity index (χ0n) is 14.2. The molecule has 0 aromatic carbocycles. The molecule has 0 saturated carbocycles. The molecule has 130 valence electrons. The third kappa shape index (κ3) is 3.95. The van der Waals surface area contributed by atoms with E-state index >= 15 is 0 Å². The molecule has 0 bridgehead atoms. The first-order valence-electron chi connectivity index (χ1n) is 7.39. The summed E-state index contributed by atoms with van der Waals surface area (Å²) in [7, 11) is 1.26. The fourth-order valence-corrected chi connectivity index (χ4v) is 2.09. The van der Waals surface area contributed by atoms with Gasteiger partial charge in [-0.15, -0.1) is 0 Å². The van der Waals surface area contributed by atoms with Gasteiger partial charge in [0.1, 0.15) is 24.2 Å². The van der Waals surface area contributed by atoms with Crippen molar-refractivity contribution in [2.45, 2.75) is 26.4 Å². The van der Waals surface area contributed by atoms with Crippen LogP contribution in [-0.4, -0.2) is 47.8 Å². The normalized spacial score (nSPS) is 14.5. The van der Waals surface area contributed by atoms with E-state index in [0.717, 1.165) is 0 Å². The van der Waals surface area contributed by atoms with Crippen LogP contribution in [0.25, 0.3) is 5.70 Å². The SMILES string of the molecule is COC(=O)c1cc(C2=COCCN2C(=O)OC(C)(C)C)c(N)cn1. The van der Waals surface area contributed by atoms with Crippen molar-refractivity contribution in [3.05, 3.63) is 29.8 Å². The molecule has 0 radical (unpaired) electrons. The Labute approximate surface area is 140 Å². The summed E-state index contributed by atoms with van der Waals surface area (Å²) >= 11 is 0. The Balaban J connectivity index is 2.39. The number of carbonyl (C=O) groups excluding carboxylic acids is 2. The van der Waals surface area contributed by atoms with Crippen LogP contribution in [0, 0.1) is 0 Å². The number of ether oxygens (including phenoxy) is 3. The zero-order chi connectivity index (χ0) is 17.9. The van der Waals surface area contributed by atoms with Crippen molar-refractivity contribution < 1.29 is 23.8 Å². The van der Waals surface area contributed by atoms with Crippen molar-refractivity contribution in [1.82, 2.24) is 9.88 Å². The van der Waals surface area contributed by atoms with E-state index in [9.17, 15) is 9.59 Å². The average molecular weight is 335 g/mol. The molecular weight excluding hydrogens is 314 g/mol. The molecule has 1 amide bonds. The van der Waals surface area contributed by atoms with Crippen LogP contribution in [0.4, 0.5) is 10.5 Å². The molecule has 8 nitrogen and oxygen atoms in total. The lowest BCUT2D eigenvalue weighted by Gasteiger charge is -2.31. The van der Waals surface area contributed by atoms with E-state index in [0.29, 0.717) is 30.1 Å². The lowest BCUT2D eigenvalue weighted by atomic mass is 10.1. The first-order chi connectivity index (χ1) is 11.2. The van der Waals surface area contributed by atoms with Gasteiger partial charge in [0.05, 0.1) is 31.2 Å². The number of aromatic nitrogens is 1. The molecule has 0 aliphatic carbocycles. The van der Waals surface area contributed by atoms with Gasteiger partial charge < -0.3 is 19.9 Å². The number of nitrogen functional groups attached to an aromatic ring is 1. The van der Waals surface area contributed by atoms with E-state index < -0.39 is 17.7 Å². The molecule has 2 rings (SSSR count). The van der Waals surface area contributed by atoms with E-state index in [1.165, 1.54) is 30.5 Å². The average Bonchev–Trinajstić information content (AvgIpc) is 2.53. The topological polar surface area (TPSA) is 104 Å². The van der Waals surface area contributed by atoms with Crippen molar-refractivity contribution in [2.24, 2.45) is 0 Å². The summed E-state index contributed by atoms with van der Waals surface area (Å²) < 4.78 is 15.4. The van der Waals surface area contributed by atoms with Gasteiger partial charge >= 0.3 is 12.1 Å². The minimum atomic E-state index is -0.637. The molecule has 1 aliphatic rings. The number of carbonyl (C=O) groups is 2. The number of nitrogens with two attached hydrogens (primary N) is 1. The monoisotopic (exact) mass is 335 g/mol. The van der Waals surface area contributed by atoms with Gasteiger partial charge in [-0.05, 0) is 26.8 Å². The third-order valence-corrected chi connectivity index (χ3v) is 3.14. The summed E-state index contributed by atoms with van der Waals surface area (Å²) in [5.74, 6) is -0.600. The van der Waals surface area contributed by atoms with Crippen molar-refractivity contribution in [1.29, 1.82) is 0 Å². The van der Waals surface area contributed by atoms with Crippen LogP contribution in [-0.2, 0) is 14.2 Å². The fourth-order valence-electron chi connectivity index (χ4n) is 2.09. The van der Waals surface area contributed by atoms with Crippen molar-refractivity contribution in [3.63, 3.8) is 0 Å². The summed E-state index contributed by atoms with van der Waals surface area (Å²) in [6, 6.07) is 1.46. The molecule has 0 atom stereocenters. The first kappa shape index (κ1) is 17.6. The Bertz CT molecular complexity index is 679. The molecule has 2 N–H and O–H groups in total. The number of hydrogen-bond donors (Lipinski definition) is 1. The van der Waals surface area contributed by atoms with Crippen LogP contribution in [0.5, 0.6) is 0 Å². The minimum absolute atomic E-state index is 0.0808. The van der Waals surface area contributed by atoms with Crippen molar-refractivity contribution >= 4 is 23.4 Å². The van der Waals surface area contributed by atoms with Gasteiger partial charge in [-0.3, -0.25) is 4.90 Å². The largest absolute Gasteiger partial charge is 0.497 e. The highest BCUT2D eigenvalue weighted by atomic mass is 16.6. The van der Waals surface area contributed by atoms with Crippen LogP contribution >= 0.6 is 0 Å². The first-order valence-corrected chi connectivity index (χ1v) is 7.39. The van der Waals surface area contributed by atoms with Gasteiger partial charge in [0.25, 0.3) is 0 Å². The second kappa shape index (κ2) is 6.77. The van der Waals surface area contributed by atoms with E-state index in [4.69, 9.17) is 15.2 Å². The summed E-state index contributed by atoms with van der Waals surface area (Å²) in [6.45, 7) is 5.98. The molecule has 24 heavy (non-hydrogen) atoms. The van der Waals surface area contributed by atoms with Crippen LogP contribution in [0.2, 0.25) is 0 Å². The Morgan fingerprint density at radius 3 is 2.71 bits per heavy atom. The zero-order valence-corrected chi connectivity index (χ0v) is 14.2. The lowest BCUT2D eigenvalue weighted by molar-refractivity contribution is 0.0296. The predicted molar refractivity (Wildman–Crippen MR) is 86.9 cm³/mol. The van der Waals surface area contributed by atoms with Crippen LogP contribution < -0.4 is 5.73 Å². The fraction of sp³-hybridized carbons (Fsp3) is 0.438. The van der Waals surface area contributed by atoms with Gasteiger partial charge in [-0.25, -0.2) is 14.6 Å². The number of methoxy groups -OCH3 is 1.